The van der Waals surface area contributed by atoms with Crippen LogP contribution in [-0.2, 0) is 4.79 Å². The van der Waals surface area contributed by atoms with Crippen molar-refractivity contribution in [2.75, 3.05) is 11.9 Å². The van der Waals surface area contributed by atoms with Crippen molar-refractivity contribution in [3.63, 3.8) is 0 Å². The Labute approximate surface area is 110 Å². The molecule has 0 radical (unpaired) electrons. The monoisotopic (exact) mass is 274 g/mol. The molecule has 1 aromatic carbocycles. The molecular weight excluding hydrogens is 257 g/mol. The van der Waals surface area contributed by atoms with Crippen LogP contribution in [-0.4, -0.2) is 18.5 Å². The number of rotatable bonds is 5. The zero-order valence-electron chi connectivity index (χ0n) is 11.1. The summed E-state index contributed by atoms with van der Waals surface area (Å²) in [5.41, 5.74) is -0.371. The van der Waals surface area contributed by atoms with Gasteiger partial charge in [0.1, 0.15) is 11.9 Å². The second-order valence-corrected chi connectivity index (χ2v) is 4.75. The highest BCUT2D eigenvalue weighted by Crippen LogP contribution is 2.19. The first-order chi connectivity index (χ1) is 8.81. The first-order valence-electron chi connectivity index (χ1n) is 6.00. The van der Waals surface area contributed by atoms with Crippen molar-refractivity contribution in [2.24, 2.45) is 5.92 Å². The second kappa shape index (κ2) is 6.45. The van der Waals surface area contributed by atoms with Crippen LogP contribution in [0.5, 0.6) is 0 Å². The third kappa shape index (κ3) is 4.46. The fourth-order valence-corrected chi connectivity index (χ4v) is 1.42. The second-order valence-electron chi connectivity index (χ2n) is 4.75. The Bertz CT molecular complexity index is 463. The maximum absolute atomic E-state index is 13.4. The molecule has 1 amide bonds. The molecule has 6 heteroatoms. The van der Waals surface area contributed by atoms with E-state index >= 15 is 0 Å². The van der Waals surface area contributed by atoms with Gasteiger partial charge in [0.05, 0.1) is 5.69 Å². The van der Waals surface area contributed by atoms with Crippen LogP contribution in [0.4, 0.5) is 18.9 Å². The molecule has 1 rings (SSSR count). The lowest BCUT2D eigenvalue weighted by molar-refractivity contribution is -0.121. The topological polar surface area (TPSA) is 41.1 Å². The maximum Gasteiger partial charge on any atom is 0.242 e. The van der Waals surface area contributed by atoms with Gasteiger partial charge in [-0.25, -0.2) is 13.2 Å². The predicted molar refractivity (Wildman–Crippen MR) is 67.2 cm³/mol. The highest BCUT2D eigenvalue weighted by Gasteiger charge is 2.17. The Kier molecular flexibility index (Phi) is 5.20. The smallest absolute Gasteiger partial charge is 0.242 e. The molecule has 3 nitrogen and oxygen atoms in total. The Morgan fingerprint density at radius 2 is 1.84 bits per heavy atom. The van der Waals surface area contributed by atoms with Gasteiger partial charge < -0.3 is 10.6 Å². The molecule has 0 aliphatic heterocycles. The molecule has 1 atom stereocenters. The summed E-state index contributed by atoms with van der Waals surface area (Å²) in [7, 11) is 0. The number of halogens is 3. The van der Waals surface area contributed by atoms with Gasteiger partial charge >= 0.3 is 0 Å². The number of benzene rings is 1. The van der Waals surface area contributed by atoms with Gasteiger partial charge in [-0.1, -0.05) is 13.8 Å². The molecule has 0 spiro atoms. The zero-order chi connectivity index (χ0) is 14.6. The average Bonchev–Trinajstić information content (AvgIpc) is 2.32. The Balaban J connectivity index is 2.71. The van der Waals surface area contributed by atoms with E-state index in [0.29, 0.717) is 12.6 Å². The van der Waals surface area contributed by atoms with Crippen LogP contribution < -0.4 is 10.6 Å². The number of hydrogen-bond acceptors (Lipinski definition) is 2. The van der Waals surface area contributed by atoms with Crippen LogP contribution in [0.1, 0.15) is 20.8 Å². The number of amides is 1. The third-order valence-electron chi connectivity index (χ3n) is 2.44. The lowest BCUT2D eigenvalue weighted by Crippen LogP contribution is -2.39. The van der Waals surface area contributed by atoms with Crippen LogP contribution in [0.25, 0.3) is 0 Å². The van der Waals surface area contributed by atoms with E-state index in [1.807, 2.05) is 13.8 Å². The fourth-order valence-electron chi connectivity index (χ4n) is 1.42. The fraction of sp³-hybridized carbons (Fsp3) is 0.462. The van der Waals surface area contributed by atoms with Gasteiger partial charge in [0, 0.05) is 18.7 Å². The van der Waals surface area contributed by atoms with Gasteiger partial charge in [-0.15, -0.1) is 0 Å². The van der Waals surface area contributed by atoms with Crippen molar-refractivity contribution in [2.45, 2.75) is 26.8 Å². The quantitative estimate of drug-likeness (QED) is 0.810. The minimum Gasteiger partial charge on any atom is -0.371 e. The highest BCUT2D eigenvalue weighted by atomic mass is 19.2. The third-order valence-corrected chi connectivity index (χ3v) is 2.44. The molecule has 0 fully saturated rings. The Morgan fingerprint density at radius 3 is 2.42 bits per heavy atom. The van der Waals surface area contributed by atoms with Crippen LogP contribution in [0, 0.1) is 23.4 Å². The van der Waals surface area contributed by atoms with Crippen molar-refractivity contribution in [3.05, 3.63) is 29.6 Å². The molecule has 0 aliphatic rings. The Hall–Kier alpha value is -1.72. The normalized spacial score (nSPS) is 12.4. The van der Waals surface area contributed by atoms with E-state index in [1.54, 1.807) is 0 Å². The van der Waals surface area contributed by atoms with Crippen molar-refractivity contribution in [3.8, 4) is 0 Å². The summed E-state index contributed by atoms with van der Waals surface area (Å²) in [5, 5.41) is 5.09. The van der Waals surface area contributed by atoms with Gasteiger partial charge in [0.2, 0.25) is 5.91 Å². The SMILES string of the molecule is CC(C)CNC(=O)C(C)Nc1cc(F)cc(F)c1F. The van der Waals surface area contributed by atoms with Gasteiger partial charge in [-0.3, -0.25) is 4.79 Å². The molecule has 0 saturated carbocycles. The van der Waals surface area contributed by atoms with Crippen molar-refractivity contribution < 1.29 is 18.0 Å². The molecule has 0 aromatic heterocycles. The van der Waals surface area contributed by atoms with E-state index in [9.17, 15) is 18.0 Å². The molecule has 0 heterocycles. The Morgan fingerprint density at radius 1 is 1.21 bits per heavy atom. The lowest BCUT2D eigenvalue weighted by atomic mass is 10.2. The van der Waals surface area contributed by atoms with Gasteiger partial charge in [-0.05, 0) is 12.8 Å². The summed E-state index contributed by atoms with van der Waals surface area (Å²) < 4.78 is 39.3. The summed E-state index contributed by atoms with van der Waals surface area (Å²) in [4.78, 5) is 11.6. The average molecular weight is 274 g/mol. The minimum atomic E-state index is -1.29. The van der Waals surface area contributed by atoms with E-state index in [2.05, 4.69) is 10.6 Å². The first-order valence-corrected chi connectivity index (χ1v) is 6.00. The van der Waals surface area contributed by atoms with Crippen molar-refractivity contribution in [1.82, 2.24) is 5.32 Å². The predicted octanol–water partition coefficient (Wildman–Crippen LogP) is 2.68. The van der Waals surface area contributed by atoms with Gasteiger partial charge in [0.25, 0.3) is 0 Å². The summed E-state index contributed by atoms with van der Waals surface area (Å²) in [6, 6.07) is 0.462. The molecule has 0 aliphatic carbocycles. The highest BCUT2D eigenvalue weighted by molar-refractivity contribution is 5.84. The van der Waals surface area contributed by atoms with Gasteiger partial charge in [0.15, 0.2) is 11.6 Å². The van der Waals surface area contributed by atoms with Crippen LogP contribution in [0.3, 0.4) is 0 Å². The van der Waals surface area contributed by atoms with E-state index < -0.39 is 23.5 Å². The number of anilines is 1. The summed E-state index contributed by atoms with van der Waals surface area (Å²) >= 11 is 0. The number of carbonyl (C=O) groups is 1. The summed E-state index contributed by atoms with van der Waals surface area (Å²) in [5.74, 6) is -3.49. The number of carbonyl (C=O) groups excluding carboxylic acids is 1. The molecular formula is C13H17F3N2O. The molecule has 19 heavy (non-hydrogen) atoms. The van der Waals surface area contributed by atoms with Crippen molar-refractivity contribution >= 4 is 11.6 Å². The van der Waals surface area contributed by atoms with Gasteiger partial charge in [-0.2, -0.15) is 0 Å². The summed E-state index contributed by atoms with van der Waals surface area (Å²) in [6.45, 7) is 5.82. The largest absolute Gasteiger partial charge is 0.371 e. The molecule has 1 aromatic rings. The van der Waals surface area contributed by atoms with Crippen LogP contribution in [0.2, 0.25) is 0 Å². The first kappa shape index (κ1) is 15.3. The summed E-state index contributed by atoms with van der Waals surface area (Å²) in [6.07, 6.45) is 0. The van der Waals surface area contributed by atoms with E-state index in [-0.39, 0.29) is 17.5 Å². The molecule has 0 bridgehead atoms. The van der Waals surface area contributed by atoms with E-state index in [0.717, 1.165) is 6.07 Å². The molecule has 1 unspecified atom stereocenters. The number of hydrogen-bond donors (Lipinski definition) is 2. The minimum absolute atomic E-state index is 0.277. The zero-order valence-corrected chi connectivity index (χ0v) is 11.1. The maximum atomic E-state index is 13.4. The van der Waals surface area contributed by atoms with E-state index in [1.165, 1.54) is 6.92 Å². The van der Waals surface area contributed by atoms with E-state index in [4.69, 9.17) is 0 Å². The molecule has 0 saturated heterocycles. The van der Waals surface area contributed by atoms with Crippen LogP contribution in [0.15, 0.2) is 12.1 Å². The lowest BCUT2D eigenvalue weighted by Gasteiger charge is -2.16. The molecule has 106 valence electrons. The molecule has 2 N–H and O–H groups in total. The van der Waals surface area contributed by atoms with Crippen LogP contribution >= 0.6 is 0 Å². The number of nitrogens with one attached hydrogen (secondary N) is 2. The standard InChI is InChI=1S/C13H17F3N2O/c1-7(2)6-17-13(19)8(3)18-11-5-9(14)4-10(15)12(11)16/h4-5,7-8,18H,6H2,1-3H3,(H,17,19). The van der Waals surface area contributed by atoms with Crippen molar-refractivity contribution in [1.29, 1.82) is 0 Å².